The summed E-state index contributed by atoms with van der Waals surface area (Å²) in [5.74, 6) is -0.165. The summed E-state index contributed by atoms with van der Waals surface area (Å²) in [4.78, 5) is 28.4. The van der Waals surface area contributed by atoms with Crippen molar-refractivity contribution in [2.24, 2.45) is 5.41 Å². The summed E-state index contributed by atoms with van der Waals surface area (Å²) in [5.41, 5.74) is 1.73. The van der Waals surface area contributed by atoms with Crippen molar-refractivity contribution in [1.82, 2.24) is 10.2 Å². The molecule has 0 aliphatic carbocycles. The first-order valence-electron chi connectivity index (χ1n) is 10.1. The van der Waals surface area contributed by atoms with E-state index < -0.39 is 0 Å². The lowest BCUT2D eigenvalue weighted by Crippen LogP contribution is -2.44. The summed E-state index contributed by atoms with van der Waals surface area (Å²) in [6.45, 7) is 11.5. The van der Waals surface area contributed by atoms with Crippen molar-refractivity contribution in [2.75, 3.05) is 25.0 Å². The Morgan fingerprint density at radius 3 is 2.34 bits per heavy atom. The maximum atomic E-state index is 12.8. The molecule has 2 amide bonds. The van der Waals surface area contributed by atoms with Crippen molar-refractivity contribution < 1.29 is 9.59 Å². The zero-order valence-electron chi connectivity index (χ0n) is 18.1. The monoisotopic (exact) mass is 415 g/mol. The van der Waals surface area contributed by atoms with Crippen LogP contribution >= 0.6 is 11.3 Å². The number of hydrogen-bond donors (Lipinski definition) is 2. The number of thiophene rings is 1. The Kier molecular flexibility index (Phi) is 8.41. The predicted molar refractivity (Wildman–Crippen MR) is 121 cm³/mol. The molecule has 1 unspecified atom stereocenters. The molecule has 0 radical (unpaired) electrons. The molecular formula is C23H33N3O2S. The van der Waals surface area contributed by atoms with E-state index in [0.29, 0.717) is 6.54 Å². The minimum Gasteiger partial charge on any atom is -0.347 e. The van der Waals surface area contributed by atoms with E-state index in [1.54, 1.807) is 11.3 Å². The van der Waals surface area contributed by atoms with E-state index in [1.807, 2.05) is 54.5 Å². The predicted octanol–water partition coefficient (Wildman–Crippen LogP) is 4.61. The summed E-state index contributed by atoms with van der Waals surface area (Å²) in [5, 5.41) is 8.15. The molecule has 2 N–H and O–H groups in total. The highest BCUT2D eigenvalue weighted by atomic mass is 32.1. The first kappa shape index (κ1) is 23.1. The lowest BCUT2D eigenvalue weighted by atomic mass is 9.85. The molecule has 2 rings (SSSR count). The average Bonchev–Trinajstić information content (AvgIpc) is 3.15. The van der Waals surface area contributed by atoms with Crippen molar-refractivity contribution in [2.45, 2.75) is 47.1 Å². The summed E-state index contributed by atoms with van der Waals surface area (Å²) in [6, 6.07) is 11.7. The van der Waals surface area contributed by atoms with Gasteiger partial charge in [-0.15, -0.1) is 11.3 Å². The molecule has 0 saturated heterocycles. The average molecular weight is 416 g/mol. The lowest BCUT2D eigenvalue weighted by molar-refractivity contribution is -0.124. The van der Waals surface area contributed by atoms with Crippen LogP contribution in [0.25, 0.3) is 0 Å². The first-order valence-corrected chi connectivity index (χ1v) is 11.0. The van der Waals surface area contributed by atoms with E-state index in [0.717, 1.165) is 22.5 Å². The van der Waals surface area contributed by atoms with E-state index in [2.05, 4.69) is 37.5 Å². The molecule has 6 heteroatoms. The van der Waals surface area contributed by atoms with Crippen molar-refractivity contribution in [3.8, 4) is 0 Å². The number of rotatable bonds is 9. The number of amides is 2. The molecule has 1 atom stereocenters. The summed E-state index contributed by atoms with van der Waals surface area (Å²) in [6.07, 6.45) is 0.874. The number of hydrogen-bond acceptors (Lipinski definition) is 4. The highest BCUT2D eigenvalue weighted by molar-refractivity contribution is 7.10. The molecule has 2 aromatic rings. The fourth-order valence-corrected chi connectivity index (χ4v) is 4.24. The fraction of sp³-hybridized carbons (Fsp3) is 0.478. The molecule has 0 aliphatic heterocycles. The number of benzene rings is 1. The molecule has 5 nitrogen and oxygen atoms in total. The number of aryl methyl sites for hydroxylation is 1. The molecule has 0 saturated carbocycles. The van der Waals surface area contributed by atoms with Gasteiger partial charge in [0.15, 0.2) is 0 Å². The van der Waals surface area contributed by atoms with Crippen LogP contribution in [0.4, 0.5) is 5.69 Å². The molecule has 0 spiro atoms. The highest BCUT2D eigenvalue weighted by Crippen LogP contribution is 2.35. The van der Waals surface area contributed by atoms with Gasteiger partial charge in [-0.2, -0.15) is 0 Å². The molecule has 29 heavy (non-hydrogen) atoms. The Hall–Kier alpha value is -2.18. The second-order valence-electron chi connectivity index (χ2n) is 8.46. The minimum absolute atomic E-state index is 0.0562. The fourth-order valence-electron chi connectivity index (χ4n) is 3.22. The SMILES string of the molecule is CCCN(CC(=O)Nc1ccccc1C)CC(=O)NC(c1cccs1)C(C)(C)C. The van der Waals surface area contributed by atoms with Crippen molar-refractivity contribution in [3.63, 3.8) is 0 Å². The highest BCUT2D eigenvalue weighted by Gasteiger charge is 2.29. The van der Waals surface area contributed by atoms with Gasteiger partial charge in [0.05, 0.1) is 19.1 Å². The first-order chi connectivity index (χ1) is 13.7. The molecule has 1 heterocycles. The number of nitrogens with zero attached hydrogens (tertiary/aromatic N) is 1. The quantitative estimate of drug-likeness (QED) is 0.629. The Labute approximate surface area is 178 Å². The number of carbonyl (C=O) groups is 2. The largest absolute Gasteiger partial charge is 0.347 e. The van der Waals surface area contributed by atoms with Crippen molar-refractivity contribution in [3.05, 3.63) is 52.2 Å². The number of anilines is 1. The number of nitrogens with one attached hydrogen (secondary N) is 2. The van der Waals surface area contributed by atoms with E-state index in [-0.39, 0.29) is 36.4 Å². The van der Waals surface area contributed by atoms with Gasteiger partial charge in [0.2, 0.25) is 11.8 Å². The van der Waals surface area contributed by atoms with Crippen LogP contribution in [0.3, 0.4) is 0 Å². The van der Waals surface area contributed by atoms with Crippen LogP contribution in [-0.4, -0.2) is 36.3 Å². The summed E-state index contributed by atoms with van der Waals surface area (Å²) < 4.78 is 0. The smallest absolute Gasteiger partial charge is 0.238 e. The Balaban J connectivity index is 1.98. The van der Waals surface area contributed by atoms with Gasteiger partial charge < -0.3 is 10.6 Å². The summed E-state index contributed by atoms with van der Waals surface area (Å²) in [7, 11) is 0. The van der Waals surface area contributed by atoms with E-state index in [9.17, 15) is 9.59 Å². The molecule has 158 valence electrons. The zero-order chi connectivity index (χ0) is 21.4. The topological polar surface area (TPSA) is 61.4 Å². The van der Waals surface area contributed by atoms with Gasteiger partial charge in [0, 0.05) is 10.6 Å². The Morgan fingerprint density at radius 1 is 1.07 bits per heavy atom. The second kappa shape index (κ2) is 10.6. The normalized spacial score (nSPS) is 12.6. The minimum atomic E-state index is -0.105. The standard InChI is InChI=1S/C23H33N3O2S/c1-6-13-26(15-20(27)24-18-11-8-7-10-17(18)2)16-21(28)25-22(23(3,4)5)19-12-9-14-29-19/h7-12,14,22H,6,13,15-16H2,1-5H3,(H,24,27)(H,25,28). The van der Waals surface area contributed by atoms with Gasteiger partial charge in [-0.05, 0) is 48.4 Å². The second-order valence-corrected chi connectivity index (χ2v) is 9.43. The molecular weight excluding hydrogens is 382 g/mol. The van der Waals surface area contributed by atoms with Crippen LogP contribution in [0, 0.1) is 12.3 Å². The van der Waals surface area contributed by atoms with Gasteiger partial charge >= 0.3 is 0 Å². The Morgan fingerprint density at radius 2 is 1.76 bits per heavy atom. The third-order valence-corrected chi connectivity index (χ3v) is 5.63. The Bertz CT molecular complexity index is 797. The van der Waals surface area contributed by atoms with Gasteiger partial charge in [0.25, 0.3) is 0 Å². The van der Waals surface area contributed by atoms with Gasteiger partial charge in [0.1, 0.15) is 0 Å². The third-order valence-electron chi connectivity index (χ3n) is 4.69. The van der Waals surface area contributed by atoms with Gasteiger partial charge in [-0.3, -0.25) is 14.5 Å². The van der Waals surface area contributed by atoms with Crippen LogP contribution in [-0.2, 0) is 9.59 Å². The van der Waals surface area contributed by atoms with Crippen LogP contribution in [0.15, 0.2) is 41.8 Å². The summed E-state index contributed by atoms with van der Waals surface area (Å²) >= 11 is 1.65. The van der Waals surface area contributed by atoms with Crippen LogP contribution in [0.2, 0.25) is 0 Å². The number of carbonyl (C=O) groups excluding carboxylic acids is 2. The lowest BCUT2D eigenvalue weighted by Gasteiger charge is -2.31. The molecule has 0 fully saturated rings. The molecule has 1 aromatic heterocycles. The van der Waals surface area contributed by atoms with Crippen LogP contribution < -0.4 is 10.6 Å². The van der Waals surface area contributed by atoms with E-state index >= 15 is 0 Å². The van der Waals surface area contributed by atoms with E-state index in [1.165, 1.54) is 0 Å². The maximum absolute atomic E-state index is 12.8. The van der Waals surface area contributed by atoms with E-state index in [4.69, 9.17) is 0 Å². The molecule has 0 aliphatic rings. The molecule has 1 aromatic carbocycles. The maximum Gasteiger partial charge on any atom is 0.238 e. The zero-order valence-corrected chi connectivity index (χ0v) is 18.9. The molecule has 0 bridgehead atoms. The van der Waals surface area contributed by atoms with Crippen molar-refractivity contribution in [1.29, 1.82) is 0 Å². The van der Waals surface area contributed by atoms with Crippen molar-refractivity contribution >= 4 is 28.8 Å². The van der Waals surface area contributed by atoms with Crippen LogP contribution in [0.5, 0.6) is 0 Å². The third kappa shape index (κ3) is 7.29. The van der Waals surface area contributed by atoms with Gasteiger partial charge in [-0.1, -0.05) is 52.0 Å². The van der Waals surface area contributed by atoms with Crippen LogP contribution in [0.1, 0.15) is 50.6 Å². The number of para-hydroxylation sites is 1. The van der Waals surface area contributed by atoms with Gasteiger partial charge in [-0.25, -0.2) is 0 Å².